The molecule has 0 spiro atoms. The summed E-state index contributed by atoms with van der Waals surface area (Å²) >= 11 is 4.96. The van der Waals surface area contributed by atoms with Gasteiger partial charge in [0.2, 0.25) is 6.79 Å². The van der Waals surface area contributed by atoms with E-state index in [-0.39, 0.29) is 19.0 Å². The minimum atomic E-state index is -1.17. The van der Waals surface area contributed by atoms with Crippen molar-refractivity contribution >= 4 is 56.7 Å². The number of hydrogen-bond acceptors (Lipinski definition) is 10. The molecule has 1 aliphatic heterocycles. The smallest absolute Gasteiger partial charge is 0.408 e. The number of nitrogens with two attached hydrogens (primary N) is 1. The fourth-order valence-corrected chi connectivity index (χ4v) is 5.44. The molecule has 208 valence electrons. The number of nitrogens with one attached hydrogen (secondary N) is 1. The maximum absolute atomic E-state index is 12.1. The van der Waals surface area contributed by atoms with Crippen molar-refractivity contribution in [3.8, 4) is 17.2 Å². The van der Waals surface area contributed by atoms with Gasteiger partial charge in [-0.15, -0.1) is 0 Å². The number of rotatable bonds is 7. The van der Waals surface area contributed by atoms with Crippen LogP contribution in [0.25, 0.3) is 16.9 Å². The van der Waals surface area contributed by atoms with Crippen LogP contribution in [0.4, 0.5) is 10.6 Å². The molecular weight excluding hydrogens is 604 g/mol. The third-order valence-electron chi connectivity index (χ3n) is 5.69. The molecule has 1 atom stereocenters. The number of benzene rings is 2. The monoisotopic (exact) mass is 628 g/mol. The summed E-state index contributed by atoms with van der Waals surface area (Å²) in [6, 6.07) is 9.73. The van der Waals surface area contributed by atoms with Crippen LogP contribution in [0.1, 0.15) is 26.3 Å². The van der Waals surface area contributed by atoms with Crippen LogP contribution in [0, 0.1) is 0 Å². The molecule has 3 heterocycles. The molecule has 2 aromatic heterocycles. The Bertz CT molecular complexity index is 1600. The Balaban J connectivity index is 1.45. The van der Waals surface area contributed by atoms with E-state index in [2.05, 4.69) is 31.2 Å². The number of imidazole rings is 1. The molecule has 1 amide bonds. The predicted octanol–water partition coefficient (Wildman–Crippen LogP) is 4.56. The summed E-state index contributed by atoms with van der Waals surface area (Å²) in [5, 5.41) is 12.6. The summed E-state index contributed by atoms with van der Waals surface area (Å²) in [5.74, 6) is 0.349. The molecular formula is C26H25BrN6O6S. The van der Waals surface area contributed by atoms with Crippen molar-refractivity contribution in [3.63, 3.8) is 0 Å². The SMILES string of the molecule is CC(C)(C)OC(=O)N[C@@H](Cc1ccc(-n2c(Sc3cc4c(cc3Br)OCO4)nc3c(N)ncnc32)cc1)C(=O)O. The van der Waals surface area contributed by atoms with Gasteiger partial charge in [-0.3, -0.25) is 4.57 Å². The van der Waals surface area contributed by atoms with Crippen LogP contribution in [0.3, 0.4) is 0 Å². The molecule has 0 saturated carbocycles. The topological polar surface area (TPSA) is 164 Å². The molecule has 0 fully saturated rings. The number of halogens is 1. The number of hydrogen-bond donors (Lipinski definition) is 3. The Labute approximate surface area is 241 Å². The van der Waals surface area contributed by atoms with Gasteiger partial charge in [-0.1, -0.05) is 12.1 Å². The number of nitrogen functional groups attached to an aromatic ring is 1. The molecule has 4 aromatic rings. The van der Waals surface area contributed by atoms with Crippen molar-refractivity contribution in [2.45, 2.75) is 48.9 Å². The zero-order valence-corrected chi connectivity index (χ0v) is 24.1. The van der Waals surface area contributed by atoms with Gasteiger partial charge >= 0.3 is 12.1 Å². The van der Waals surface area contributed by atoms with Gasteiger partial charge in [0.25, 0.3) is 0 Å². The first-order valence-corrected chi connectivity index (χ1v) is 13.7. The van der Waals surface area contributed by atoms with Crippen LogP contribution in [0.5, 0.6) is 11.5 Å². The van der Waals surface area contributed by atoms with Crippen LogP contribution >= 0.6 is 27.7 Å². The van der Waals surface area contributed by atoms with Crippen molar-refractivity contribution in [2.75, 3.05) is 12.5 Å². The Kier molecular flexibility index (Phi) is 7.47. The van der Waals surface area contributed by atoms with E-state index >= 15 is 0 Å². The summed E-state index contributed by atoms with van der Waals surface area (Å²) in [5.41, 5.74) is 7.73. The Hall–Kier alpha value is -4.04. The third kappa shape index (κ3) is 5.92. The van der Waals surface area contributed by atoms with E-state index in [0.717, 1.165) is 15.1 Å². The van der Waals surface area contributed by atoms with Crippen LogP contribution in [-0.2, 0) is 16.0 Å². The van der Waals surface area contributed by atoms with E-state index in [9.17, 15) is 14.7 Å². The van der Waals surface area contributed by atoms with Gasteiger partial charge in [0, 0.05) is 21.5 Å². The highest BCUT2D eigenvalue weighted by molar-refractivity contribution is 9.10. The van der Waals surface area contributed by atoms with Gasteiger partial charge in [-0.2, -0.15) is 0 Å². The Morgan fingerprint density at radius 3 is 2.58 bits per heavy atom. The minimum absolute atomic E-state index is 0.0560. The summed E-state index contributed by atoms with van der Waals surface area (Å²) in [4.78, 5) is 38.0. The van der Waals surface area contributed by atoms with Crippen LogP contribution < -0.4 is 20.5 Å². The molecule has 4 N–H and O–H groups in total. The fraction of sp³-hybridized carbons (Fsp3) is 0.269. The van der Waals surface area contributed by atoms with Gasteiger partial charge in [0.1, 0.15) is 18.0 Å². The number of carboxylic acid groups (broad SMARTS) is 1. The molecule has 14 heteroatoms. The van der Waals surface area contributed by atoms with E-state index in [1.54, 1.807) is 32.9 Å². The van der Waals surface area contributed by atoms with Crippen LogP contribution in [-0.4, -0.2) is 55.1 Å². The van der Waals surface area contributed by atoms with Gasteiger partial charge in [-0.05, 0) is 78.3 Å². The van der Waals surface area contributed by atoms with Crippen LogP contribution in [0.2, 0.25) is 0 Å². The molecule has 2 aromatic carbocycles. The third-order valence-corrected chi connectivity index (χ3v) is 7.63. The number of carboxylic acids is 1. The van der Waals surface area contributed by atoms with Crippen molar-refractivity contribution in [1.29, 1.82) is 0 Å². The van der Waals surface area contributed by atoms with E-state index in [4.69, 9.17) is 24.9 Å². The van der Waals surface area contributed by atoms with Crippen molar-refractivity contribution in [1.82, 2.24) is 24.8 Å². The number of nitrogens with zero attached hydrogens (tertiary/aromatic N) is 4. The highest BCUT2D eigenvalue weighted by atomic mass is 79.9. The number of aliphatic carboxylic acids is 1. The minimum Gasteiger partial charge on any atom is -0.480 e. The van der Waals surface area contributed by atoms with E-state index in [1.807, 2.05) is 28.8 Å². The second-order valence-electron chi connectivity index (χ2n) is 9.81. The summed E-state index contributed by atoms with van der Waals surface area (Å²) in [7, 11) is 0. The van der Waals surface area contributed by atoms with Crippen LogP contribution in [0.15, 0.2) is 57.3 Å². The number of aromatic nitrogens is 4. The lowest BCUT2D eigenvalue weighted by Gasteiger charge is -2.22. The molecule has 5 rings (SSSR count). The number of alkyl carbamates (subject to hydrolysis) is 1. The first kappa shape index (κ1) is 27.5. The molecule has 40 heavy (non-hydrogen) atoms. The van der Waals surface area contributed by atoms with Crippen molar-refractivity contribution < 1.29 is 28.9 Å². The molecule has 0 bridgehead atoms. The predicted molar refractivity (Wildman–Crippen MR) is 150 cm³/mol. The quantitative estimate of drug-likeness (QED) is 0.263. The summed E-state index contributed by atoms with van der Waals surface area (Å²) in [6.45, 7) is 5.27. The first-order chi connectivity index (χ1) is 19.0. The Morgan fingerprint density at radius 1 is 1.20 bits per heavy atom. The number of carbonyl (C=O) groups is 2. The zero-order valence-electron chi connectivity index (χ0n) is 21.7. The lowest BCUT2D eigenvalue weighted by Crippen LogP contribution is -2.44. The number of ether oxygens (including phenoxy) is 3. The average molecular weight is 629 g/mol. The molecule has 0 saturated heterocycles. The maximum atomic E-state index is 12.1. The molecule has 0 unspecified atom stereocenters. The maximum Gasteiger partial charge on any atom is 0.408 e. The van der Waals surface area contributed by atoms with Gasteiger partial charge in [-0.25, -0.2) is 24.5 Å². The molecule has 12 nitrogen and oxygen atoms in total. The second kappa shape index (κ2) is 10.8. The standard InChI is InChI=1S/C26H25BrN6O6S/c1-26(2,3)39-25(36)31-16(23(34)35)8-13-4-6-14(7-5-13)33-22-20(21(28)29-11-30-22)32-24(33)40-19-10-18-17(9-15(19)27)37-12-38-18/h4-7,9-11,16H,8,12H2,1-3H3,(H,31,36)(H,34,35)(H2,28,29,30)/t16-/m0/s1. The largest absolute Gasteiger partial charge is 0.480 e. The number of carbonyl (C=O) groups excluding carboxylic acids is 1. The molecule has 0 aliphatic carbocycles. The summed E-state index contributed by atoms with van der Waals surface area (Å²) in [6.07, 6.45) is 0.630. The lowest BCUT2D eigenvalue weighted by molar-refractivity contribution is -0.139. The van der Waals surface area contributed by atoms with E-state index in [0.29, 0.717) is 33.4 Å². The second-order valence-corrected chi connectivity index (χ2v) is 11.7. The average Bonchev–Trinajstić information content (AvgIpc) is 3.48. The lowest BCUT2D eigenvalue weighted by atomic mass is 10.1. The van der Waals surface area contributed by atoms with E-state index in [1.165, 1.54) is 18.1 Å². The molecule has 0 radical (unpaired) electrons. The van der Waals surface area contributed by atoms with Gasteiger partial charge < -0.3 is 30.4 Å². The van der Waals surface area contributed by atoms with Gasteiger partial charge in [0.05, 0.1) is 0 Å². The number of amides is 1. The fourth-order valence-electron chi connectivity index (χ4n) is 3.93. The molecule has 1 aliphatic rings. The Morgan fingerprint density at radius 2 is 1.90 bits per heavy atom. The van der Waals surface area contributed by atoms with Crippen molar-refractivity contribution in [3.05, 3.63) is 52.8 Å². The first-order valence-electron chi connectivity index (χ1n) is 12.1. The highest BCUT2D eigenvalue weighted by Crippen LogP contribution is 2.43. The zero-order chi connectivity index (χ0) is 28.6. The number of anilines is 1. The normalized spacial score (nSPS) is 13.3. The summed E-state index contributed by atoms with van der Waals surface area (Å²) < 4.78 is 18.8. The van der Waals surface area contributed by atoms with Gasteiger partial charge in [0.15, 0.2) is 33.6 Å². The van der Waals surface area contributed by atoms with E-state index < -0.39 is 23.7 Å². The number of fused-ring (bicyclic) bond motifs is 2. The van der Waals surface area contributed by atoms with Crippen molar-refractivity contribution in [2.24, 2.45) is 0 Å². The highest BCUT2D eigenvalue weighted by Gasteiger charge is 2.25.